The molecule has 1 aromatic carbocycles. The maximum Gasteiger partial charge on any atom is 0.101 e. The van der Waals surface area contributed by atoms with Gasteiger partial charge in [0.2, 0.25) is 0 Å². The Morgan fingerprint density at radius 2 is 2.25 bits per heavy atom. The standard InChI is InChI=1S/C13H15BrN2/c1-4-16(9-10(2)3)13-7-12(14)6-5-11(13)8-15/h5-7H,2,4,9H2,1,3H3. The van der Waals surface area contributed by atoms with Gasteiger partial charge in [-0.1, -0.05) is 28.1 Å². The lowest BCUT2D eigenvalue weighted by molar-refractivity contribution is 0.878. The molecule has 0 bridgehead atoms. The minimum atomic E-state index is 0.700. The molecule has 0 aliphatic carbocycles. The molecule has 0 aromatic heterocycles. The van der Waals surface area contributed by atoms with Crippen LogP contribution in [0.2, 0.25) is 0 Å². The summed E-state index contributed by atoms with van der Waals surface area (Å²) in [6.45, 7) is 9.62. The first-order valence-corrected chi connectivity index (χ1v) is 5.96. The van der Waals surface area contributed by atoms with E-state index in [9.17, 15) is 0 Å². The van der Waals surface area contributed by atoms with Crippen molar-refractivity contribution in [1.29, 1.82) is 5.26 Å². The second-order valence-corrected chi connectivity index (χ2v) is 4.66. The first kappa shape index (κ1) is 12.8. The number of hydrogen-bond donors (Lipinski definition) is 0. The molecule has 3 heteroatoms. The zero-order valence-electron chi connectivity index (χ0n) is 9.63. The van der Waals surface area contributed by atoms with Crippen LogP contribution in [0.1, 0.15) is 19.4 Å². The summed E-state index contributed by atoms with van der Waals surface area (Å²) in [5.41, 5.74) is 2.75. The topological polar surface area (TPSA) is 27.0 Å². The number of halogens is 1. The second-order valence-electron chi connectivity index (χ2n) is 3.74. The molecule has 1 aromatic rings. The molecule has 0 atom stereocenters. The molecule has 2 nitrogen and oxygen atoms in total. The van der Waals surface area contributed by atoms with Crippen LogP contribution in [0.3, 0.4) is 0 Å². The Labute approximate surface area is 105 Å². The molecular formula is C13H15BrN2. The van der Waals surface area contributed by atoms with Crippen LogP contribution in [0.15, 0.2) is 34.8 Å². The van der Waals surface area contributed by atoms with Crippen molar-refractivity contribution < 1.29 is 0 Å². The van der Waals surface area contributed by atoms with Gasteiger partial charge in [-0.15, -0.1) is 0 Å². The predicted octanol–water partition coefficient (Wildman–Crippen LogP) is 3.72. The van der Waals surface area contributed by atoms with E-state index in [0.29, 0.717) is 5.56 Å². The Bertz CT molecular complexity index is 432. The van der Waals surface area contributed by atoms with Gasteiger partial charge in [0.1, 0.15) is 6.07 Å². The predicted molar refractivity (Wildman–Crippen MR) is 71.6 cm³/mol. The number of benzene rings is 1. The first-order valence-electron chi connectivity index (χ1n) is 5.17. The van der Waals surface area contributed by atoms with Crippen molar-refractivity contribution in [3.63, 3.8) is 0 Å². The van der Waals surface area contributed by atoms with E-state index < -0.39 is 0 Å². The van der Waals surface area contributed by atoms with Crippen molar-refractivity contribution in [2.45, 2.75) is 13.8 Å². The van der Waals surface area contributed by atoms with Crippen molar-refractivity contribution in [2.75, 3.05) is 18.0 Å². The van der Waals surface area contributed by atoms with Crippen molar-refractivity contribution in [3.05, 3.63) is 40.4 Å². The van der Waals surface area contributed by atoms with E-state index in [4.69, 9.17) is 5.26 Å². The molecule has 0 amide bonds. The molecule has 84 valence electrons. The van der Waals surface area contributed by atoms with Gasteiger partial charge in [0.25, 0.3) is 0 Å². The zero-order chi connectivity index (χ0) is 12.1. The van der Waals surface area contributed by atoms with Gasteiger partial charge in [-0.2, -0.15) is 5.26 Å². The highest BCUT2D eigenvalue weighted by Gasteiger charge is 2.10. The van der Waals surface area contributed by atoms with Gasteiger partial charge < -0.3 is 4.90 Å². The van der Waals surface area contributed by atoms with Crippen LogP contribution in [-0.4, -0.2) is 13.1 Å². The molecule has 0 spiro atoms. The van der Waals surface area contributed by atoms with Gasteiger partial charge in [-0.3, -0.25) is 0 Å². The molecule has 0 aliphatic heterocycles. The summed E-state index contributed by atoms with van der Waals surface area (Å²) < 4.78 is 0.988. The van der Waals surface area contributed by atoms with Crippen molar-refractivity contribution in [2.24, 2.45) is 0 Å². The largest absolute Gasteiger partial charge is 0.367 e. The van der Waals surface area contributed by atoms with E-state index in [-0.39, 0.29) is 0 Å². The molecule has 0 fully saturated rings. The molecule has 0 N–H and O–H groups in total. The summed E-state index contributed by atoms with van der Waals surface area (Å²) in [5.74, 6) is 0. The molecule has 16 heavy (non-hydrogen) atoms. The maximum atomic E-state index is 9.07. The number of likely N-dealkylation sites (N-methyl/N-ethyl adjacent to an activating group) is 1. The van der Waals surface area contributed by atoms with Gasteiger partial charge in [-0.05, 0) is 32.0 Å². The highest BCUT2D eigenvalue weighted by molar-refractivity contribution is 9.10. The third kappa shape index (κ3) is 3.11. The molecule has 0 saturated carbocycles. The van der Waals surface area contributed by atoms with Gasteiger partial charge in [-0.25, -0.2) is 0 Å². The van der Waals surface area contributed by atoms with Crippen LogP contribution in [0.25, 0.3) is 0 Å². The molecule has 0 heterocycles. The number of anilines is 1. The average molecular weight is 279 g/mol. The smallest absolute Gasteiger partial charge is 0.101 e. The maximum absolute atomic E-state index is 9.07. The normalized spacial score (nSPS) is 9.62. The molecular weight excluding hydrogens is 264 g/mol. The SMILES string of the molecule is C=C(C)CN(CC)c1cc(Br)ccc1C#N. The van der Waals surface area contributed by atoms with Gasteiger partial charge in [0, 0.05) is 17.6 Å². The van der Waals surface area contributed by atoms with E-state index >= 15 is 0 Å². The molecule has 0 radical (unpaired) electrons. The number of nitriles is 1. The summed E-state index contributed by atoms with van der Waals surface area (Å²) in [6, 6.07) is 7.92. The van der Waals surface area contributed by atoms with Crippen molar-refractivity contribution in [1.82, 2.24) is 0 Å². The Morgan fingerprint density at radius 1 is 1.56 bits per heavy atom. The molecule has 0 saturated heterocycles. The second kappa shape index (κ2) is 5.72. The van der Waals surface area contributed by atoms with E-state index in [0.717, 1.165) is 28.8 Å². The average Bonchev–Trinajstić information content (AvgIpc) is 2.25. The van der Waals surface area contributed by atoms with E-state index in [1.165, 1.54) is 0 Å². The van der Waals surface area contributed by atoms with Gasteiger partial charge in [0.05, 0.1) is 11.3 Å². The third-order valence-corrected chi connectivity index (χ3v) is 2.76. The number of hydrogen-bond acceptors (Lipinski definition) is 2. The van der Waals surface area contributed by atoms with Crippen LogP contribution in [0, 0.1) is 11.3 Å². The summed E-state index contributed by atoms with van der Waals surface area (Å²) in [6.07, 6.45) is 0. The third-order valence-electron chi connectivity index (χ3n) is 2.26. The van der Waals surface area contributed by atoms with E-state index in [1.54, 1.807) is 0 Å². The quantitative estimate of drug-likeness (QED) is 0.785. The summed E-state index contributed by atoms with van der Waals surface area (Å²) in [4.78, 5) is 2.14. The summed E-state index contributed by atoms with van der Waals surface area (Å²) in [5, 5.41) is 9.07. The monoisotopic (exact) mass is 278 g/mol. The fourth-order valence-electron chi connectivity index (χ4n) is 1.55. The lowest BCUT2D eigenvalue weighted by atomic mass is 10.1. The first-order chi connectivity index (χ1) is 7.58. The van der Waals surface area contributed by atoms with Crippen LogP contribution in [0.4, 0.5) is 5.69 Å². The van der Waals surface area contributed by atoms with Crippen LogP contribution < -0.4 is 4.90 Å². The minimum Gasteiger partial charge on any atom is -0.367 e. The summed E-state index contributed by atoms with van der Waals surface area (Å²) >= 11 is 3.43. The van der Waals surface area contributed by atoms with Crippen LogP contribution in [0.5, 0.6) is 0 Å². The molecule has 0 unspecified atom stereocenters. The summed E-state index contributed by atoms with van der Waals surface area (Å²) in [7, 11) is 0. The van der Waals surface area contributed by atoms with Gasteiger partial charge >= 0.3 is 0 Å². The van der Waals surface area contributed by atoms with Crippen LogP contribution in [-0.2, 0) is 0 Å². The lowest BCUT2D eigenvalue weighted by Gasteiger charge is -2.24. The fourth-order valence-corrected chi connectivity index (χ4v) is 1.90. The number of rotatable bonds is 4. The van der Waals surface area contributed by atoms with Crippen LogP contribution >= 0.6 is 15.9 Å². The lowest BCUT2D eigenvalue weighted by Crippen LogP contribution is -2.25. The molecule has 0 aliphatic rings. The highest BCUT2D eigenvalue weighted by Crippen LogP contribution is 2.25. The van der Waals surface area contributed by atoms with Gasteiger partial charge in [0.15, 0.2) is 0 Å². The Kier molecular flexibility index (Phi) is 4.57. The van der Waals surface area contributed by atoms with Crippen molar-refractivity contribution >= 4 is 21.6 Å². The van der Waals surface area contributed by atoms with Crippen molar-refractivity contribution in [3.8, 4) is 6.07 Å². The highest BCUT2D eigenvalue weighted by atomic mass is 79.9. The molecule has 1 rings (SSSR count). The number of nitrogens with zero attached hydrogens (tertiary/aromatic N) is 2. The Morgan fingerprint density at radius 3 is 2.75 bits per heavy atom. The Hall–Kier alpha value is -1.27. The van der Waals surface area contributed by atoms with E-state index in [2.05, 4.69) is 40.4 Å². The van der Waals surface area contributed by atoms with E-state index in [1.807, 2.05) is 25.1 Å². The minimum absolute atomic E-state index is 0.700. The zero-order valence-corrected chi connectivity index (χ0v) is 11.2. The fraction of sp³-hybridized carbons (Fsp3) is 0.308. The Balaban J connectivity index is 3.13.